The van der Waals surface area contributed by atoms with Gasteiger partial charge in [0.25, 0.3) is 0 Å². The van der Waals surface area contributed by atoms with Crippen LogP contribution >= 0.6 is 0 Å². The number of unbranched alkanes of at least 4 members (excludes halogenated alkanes) is 1. The van der Waals surface area contributed by atoms with Gasteiger partial charge in [-0.2, -0.15) is 5.10 Å². The summed E-state index contributed by atoms with van der Waals surface area (Å²) in [6.45, 7) is 3.99. The van der Waals surface area contributed by atoms with E-state index >= 15 is 0 Å². The molecule has 0 aliphatic rings. The quantitative estimate of drug-likeness (QED) is 0.659. The van der Waals surface area contributed by atoms with Crippen molar-refractivity contribution in [1.29, 1.82) is 0 Å². The van der Waals surface area contributed by atoms with Crippen LogP contribution in [0.15, 0.2) is 47.7 Å². The lowest BCUT2D eigenvalue weighted by Crippen LogP contribution is -2.38. The van der Waals surface area contributed by atoms with Gasteiger partial charge < -0.3 is 10.2 Å². The summed E-state index contributed by atoms with van der Waals surface area (Å²) in [6, 6.07) is 10.3. The van der Waals surface area contributed by atoms with Crippen LogP contribution in [0.4, 0.5) is 0 Å². The fourth-order valence-electron chi connectivity index (χ4n) is 2.26. The summed E-state index contributed by atoms with van der Waals surface area (Å²) in [7, 11) is 3.90. The highest BCUT2D eigenvalue weighted by Gasteiger charge is 2.05. The molecule has 22 heavy (non-hydrogen) atoms. The number of nitrogens with zero attached hydrogens (tertiary/aromatic N) is 4. The average Bonchev–Trinajstić information content (AvgIpc) is 3.08. The molecule has 2 rings (SSSR count). The molecule has 0 unspecified atom stereocenters. The molecule has 2 aromatic rings. The number of guanidine groups is 1. The van der Waals surface area contributed by atoms with Gasteiger partial charge >= 0.3 is 0 Å². The van der Waals surface area contributed by atoms with E-state index in [1.807, 2.05) is 24.0 Å². The summed E-state index contributed by atoms with van der Waals surface area (Å²) in [5, 5.41) is 7.63. The van der Waals surface area contributed by atoms with E-state index in [0.29, 0.717) is 0 Å². The van der Waals surface area contributed by atoms with Crippen molar-refractivity contribution in [2.45, 2.75) is 26.3 Å². The van der Waals surface area contributed by atoms with Crippen LogP contribution in [0.2, 0.25) is 0 Å². The lowest BCUT2D eigenvalue weighted by molar-refractivity contribution is 0.464. The summed E-state index contributed by atoms with van der Waals surface area (Å²) in [6.07, 6.45) is 6.09. The first kappa shape index (κ1) is 16.1. The van der Waals surface area contributed by atoms with Crippen LogP contribution in [-0.2, 0) is 6.54 Å². The number of rotatable bonds is 6. The highest BCUT2D eigenvalue weighted by atomic mass is 15.3. The molecule has 0 amide bonds. The predicted octanol–water partition coefficient (Wildman–Crippen LogP) is 2.68. The van der Waals surface area contributed by atoms with Gasteiger partial charge in [-0.3, -0.25) is 4.99 Å². The Morgan fingerprint density at radius 1 is 1.32 bits per heavy atom. The maximum Gasteiger partial charge on any atom is 0.193 e. The van der Waals surface area contributed by atoms with Gasteiger partial charge in [0.05, 0.1) is 5.69 Å². The Morgan fingerprint density at radius 3 is 2.68 bits per heavy atom. The second-order valence-electron chi connectivity index (χ2n) is 5.29. The third-order valence-electron chi connectivity index (χ3n) is 3.58. The molecule has 0 bridgehead atoms. The van der Waals surface area contributed by atoms with E-state index in [2.05, 4.69) is 58.5 Å². The molecule has 0 aliphatic heterocycles. The van der Waals surface area contributed by atoms with E-state index in [0.717, 1.165) is 24.7 Å². The highest BCUT2D eigenvalue weighted by Crippen LogP contribution is 2.08. The number of hydrogen-bond donors (Lipinski definition) is 1. The van der Waals surface area contributed by atoms with Crippen LogP contribution in [0.3, 0.4) is 0 Å². The molecule has 0 fully saturated rings. The van der Waals surface area contributed by atoms with Crippen molar-refractivity contribution < 1.29 is 0 Å². The fraction of sp³-hybridized carbons (Fsp3) is 0.412. The van der Waals surface area contributed by atoms with Crippen LogP contribution < -0.4 is 5.32 Å². The van der Waals surface area contributed by atoms with Crippen LogP contribution in [0, 0.1) is 0 Å². The zero-order valence-corrected chi connectivity index (χ0v) is 13.7. The number of benzene rings is 1. The van der Waals surface area contributed by atoms with Crippen molar-refractivity contribution in [2.75, 3.05) is 20.6 Å². The van der Waals surface area contributed by atoms with Gasteiger partial charge in [-0.05, 0) is 30.2 Å². The lowest BCUT2D eigenvalue weighted by atomic mass is 10.2. The molecule has 0 spiro atoms. The molecular weight excluding hydrogens is 274 g/mol. The van der Waals surface area contributed by atoms with Gasteiger partial charge in [0, 0.05) is 39.6 Å². The zero-order chi connectivity index (χ0) is 15.8. The van der Waals surface area contributed by atoms with Gasteiger partial charge in [-0.25, -0.2) is 4.68 Å². The van der Waals surface area contributed by atoms with Crippen LogP contribution in [0.5, 0.6) is 0 Å². The Kier molecular flexibility index (Phi) is 6.01. The molecule has 5 heteroatoms. The Balaban J connectivity index is 1.90. The van der Waals surface area contributed by atoms with Crippen LogP contribution in [-0.4, -0.2) is 41.3 Å². The molecule has 1 aromatic heterocycles. The van der Waals surface area contributed by atoms with Gasteiger partial charge in [-0.15, -0.1) is 0 Å². The molecule has 1 N–H and O–H groups in total. The van der Waals surface area contributed by atoms with Crippen molar-refractivity contribution in [3.8, 4) is 5.69 Å². The van der Waals surface area contributed by atoms with Gasteiger partial charge in [0.2, 0.25) is 0 Å². The van der Waals surface area contributed by atoms with E-state index in [9.17, 15) is 0 Å². The normalized spacial score (nSPS) is 11.5. The average molecular weight is 299 g/mol. The second-order valence-corrected chi connectivity index (χ2v) is 5.29. The minimum Gasteiger partial charge on any atom is -0.352 e. The Morgan fingerprint density at radius 2 is 2.09 bits per heavy atom. The van der Waals surface area contributed by atoms with Gasteiger partial charge in [0.15, 0.2) is 5.96 Å². The Hall–Kier alpha value is -2.30. The molecule has 0 radical (unpaired) electrons. The zero-order valence-electron chi connectivity index (χ0n) is 13.7. The molecule has 118 valence electrons. The summed E-state index contributed by atoms with van der Waals surface area (Å²) in [4.78, 5) is 6.50. The van der Waals surface area contributed by atoms with Crippen LogP contribution in [0.1, 0.15) is 25.3 Å². The first-order chi connectivity index (χ1) is 10.7. The van der Waals surface area contributed by atoms with Crippen molar-refractivity contribution in [1.82, 2.24) is 20.0 Å². The monoisotopic (exact) mass is 299 g/mol. The molecule has 0 saturated heterocycles. The van der Waals surface area contributed by atoms with E-state index < -0.39 is 0 Å². The summed E-state index contributed by atoms with van der Waals surface area (Å²) in [5.41, 5.74) is 2.29. The highest BCUT2D eigenvalue weighted by molar-refractivity contribution is 5.79. The number of aromatic nitrogens is 2. The van der Waals surface area contributed by atoms with Gasteiger partial charge in [-0.1, -0.05) is 25.5 Å². The van der Waals surface area contributed by atoms with E-state index in [1.54, 1.807) is 6.20 Å². The maximum atomic E-state index is 4.33. The predicted molar refractivity (Wildman–Crippen MR) is 91.3 cm³/mol. The third kappa shape index (κ3) is 4.35. The number of nitrogens with one attached hydrogen (secondary N) is 1. The molecule has 5 nitrogen and oxygen atoms in total. The minimum atomic E-state index is 0.766. The third-order valence-corrected chi connectivity index (χ3v) is 3.58. The van der Waals surface area contributed by atoms with Crippen molar-refractivity contribution in [2.24, 2.45) is 4.99 Å². The molecule has 1 aromatic carbocycles. The fourth-order valence-corrected chi connectivity index (χ4v) is 2.26. The first-order valence-electron chi connectivity index (χ1n) is 7.75. The topological polar surface area (TPSA) is 45.5 Å². The summed E-state index contributed by atoms with van der Waals surface area (Å²) >= 11 is 0. The van der Waals surface area contributed by atoms with Crippen molar-refractivity contribution in [3.63, 3.8) is 0 Å². The first-order valence-corrected chi connectivity index (χ1v) is 7.75. The molecule has 1 heterocycles. The van der Waals surface area contributed by atoms with Crippen molar-refractivity contribution in [3.05, 3.63) is 48.3 Å². The summed E-state index contributed by atoms with van der Waals surface area (Å²) < 4.78 is 1.86. The smallest absolute Gasteiger partial charge is 0.193 e. The lowest BCUT2D eigenvalue weighted by Gasteiger charge is -2.21. The second kappa shape index (κ2) is 8.22. The van der Waals surface area contributed by atoms with E-state index in [-0.39, 0.29) is 0 Å². The van der Waals surface area contributed by atoms with Crippen molar-refractivity contribution >= 4 is 5.96 Å². The maximum absolute atomic E-state index is 4.33. The molecule has 0 aliphatic carbocycles. The Bertz CT molecular complexity index is 572. The number of hydrogen-bond acceptors (Lipinski definition) is 2. The van der Waals surface area contributed by atoms with E-state index in [1.165, 1.54) is 18.4 Å². The summed E-state index contributed by atoms with van der Waals surface area (Å²) in [5.74, 6) is 0.935. The standard InChI is InChI=1S/C17H25N5/c1-4-5-12-21(3)17(18-2)19-14-15-7-9-16(10-8-15)22-13-6-11-20-22/h6-11,13H,4-5,12,14H2,1-3H3,(H,18,19). The number of aliphatic imine (C=N–C) groups is 1. The largest absolute Gasteiger partial charge is 0.352 e. The molecule has 0 atom stereocenters. The molecule has 0 saturated carbocycles. The SMILES string of the molecule is CCCCN(C)C(=NC)NCc1ccc(-n2cccn2)cc1. The minimum absolute atomic E-state index is 0.766. The molecular formula is C17H25N5. The van der Waals surface area contributed by atoms with E-state index in [4.69, 9.17) is 0 Å². The van der Waals surface area contributed by atoms with Crippen LogP contribution in [0.25, 0.3) is 5.69 Å². The van der Waals surface area contributed by atoms with Gasteiger partial charge in [0.1, 0.15) is 0 Å². The Labute approximate surface area is 132 Å².